The van der Waals surface area contributed by atoms with E-state index in [2.05, 4.69) is 27.1 Å². The molecule has 0 aliphatic carbocycles. The largest absolute Gasteiger partial charge is 0.379 e. The fraction of sp³-hybridized carbons (Fsp3) is 0.296. The van der Waals surface area contributed by atoms with E-state index < -0.39 is 10.0 Å². The summed E-state index contributed by atoms with van der Waals surface area (Å²) in [6.07, 6.45) is 0. The fourth-order valence-electron chi connectivity index (χ4n) is 3.93. The number of sulfonamides is 1. The van der Waals surface area contributed by atoms with Gasteiger partial charge in [-0.3, -0.25) is 14.4 Å². The summed E-state index contributed by atoms with van der Waals surface area (Å²) < 4.78 is 33.6. The van der Waals surface area contributed by atoms with Crippen molar-refractivity contribution in [3.8, 4) is 0 Å². The van der Waals surface area contributed by atoms with Crippen LogP contribution < -0.4 is 10.0 Å². The third-order valence-electron chi connectivity index (χ3n) is 6.03. The van der Waals surface area contributed by atoms with Gasteiger partial charge >= 0.3 is 0 Å². The van der Waals surface area contributed by atoms with Crippen LogP contribution in [0.3, 0.4) is 0 Å². The molecule has 3 aromatic rings. The Bertz CT molecular complexity index is 1280. The van der Waals surface area contributed by atoms with E-state index >= 15 is 0 Å². The van der Waals surface area contributed by atoms with Crippen molar-refractivity contribution in [2.75, 3.05) is 31.0 Å². The average Bonchev–Trinajstić information content (AvgIpc) is 2.85. The Labute approximate surface area is 207 Å². The molecule has 0 radical (unpaired) electrons. The molecule has 1 aliphatic rings. The Morgan fingerprint density at radius 3 is 2.40 bits per heavy atom. The molecule has 0 saturated carbocycles. The number of amides is 1. The number of carbonyl (C=O) groups is 1. The predicted molar refractivity (Wildman–Crippen MR) is 137 cm³/mol. The molecule has 4 rings (SSSR count). The Kier molecular flexibility index (Phi) is 7.85. The SMILES string of the molecule is Cc1ccc(S(=O)(=O)Nc2cc(C(=O)NCc3cccc(CN4CCOCC4)c3)ccc2C)cc1. The van der Waals surface area contributed by atoms with Crippen LogP contribution in [0.25, 0.3) is 0 Å². The molecule has 7 nitrogen and oxygen atoms in total. The first kappa shape index (κ1) is 24.9. The monoisotopic (exact) mass is 493 g/mol. The molecule has 35 heavy (non-hydrogen) atoms. The highest BCUT2D eigenvalue weighted by molar-refractivity contribution is 7.92. The number of ether oxygens (including phenoxy) is 1. The standard InChI is InChI=1S/C27H31N3O4S/c1-20-6-10-25(11-7-20)35(32,33)29-26-17-24(9-8-21(26)2)27(31)28-18-22-4-3-5-23(16-22)19-30-12-14-34-15-13-30/h3-11,16-17,29H,12-15,18-19H2,1-2H3,(H,28,31). The van der Waals surface area contributed by atoms with Crippen molar-refractivity contribution in [3.63, 3.8) is 0 Å². The fourth-order valence-corrected chi connectivity index (χ4v) is 5.06. The van der Waals surface area contributed by atoms with Gasteiger partial charge in [0.1, 0.15) is 0 Å². The van der Waals surface area contributed by atoms with E-state index in [9.17, 15) is 13.2 Å². The lowest BCUT2D eigenvalue weighted by Crippen LogP contribution is -2.35. The van der Waals surface area contributed by atoms with E-state index in [0.717, 1.165) is 49.5 Å². The molecule has 0 aromatic heterocycles. The molecule has 0 unspecified atom stereocenters. The van der Waals surface area contributed by atoms with Crippen molar-refractivity contribution >= 4 is 21.6 Å². The maximum absolute atomic E-state index is 12.8. The first-order valence-electron chi connectivity index (χ1n) is 11.7. The second-order valence-electron chi connectivity index (χ2n) is 8.84. The van der Waals surface area contributed by atoms with Gasteiger partial charge < -0.3 is 10.1 Å². The van der Waals surface area contributed by atoms with E-state index in [-0.39, 0.29) is 10.8 Å². The van der Waals surface area contributed by atoms with Gasteiger partial charge in [0.2, 0.25) is 0 Å². The molecule has 0 spiro atoms. The van der Waals surface area contributed by atoms with Crippen LogP contribution in [0.2, 0.25) is 0 Å². The number of nitrogens with one attached hydrogen (secondary N) is 2. The molecule has 1 saturated heterocycles. The Balaban J connectivity index is 1.41. The van der Waals surface area contributed by atoms with Gasteiger partial charge in [-0.25, -0.2) is 8.42 Å². The van der Waals surface area contributed by atoms with Crippen LogP contribution in [0.15, 0.2) is 71.6 Å². The summed E-state index contributed by atoms with van der Waals surface area (Å²) in [6, 6.07) is 19.8. The van der Waals surface area contributed by atoms with Crippen LogP contribution in [0, 0.1) is 13.8 Å². The second-order valence-corrected chi connectivity index (χ2v) is 10.5. The smallest absolute Gasteiger partial charge is 0.261 e. The van der Waals surface area contributed by atoms with Crippen molar-refractivity contribution in [1.29, 1.82) is 0 Å². The molecular formula is C27H31N3O4S. The quantitative estimate of drug-likeness (QED) is 0.498. The number of morpholine rings is 1. The highest BCUT2D eigenvalue weighted by atomic mass is 32.2. The first-order valence-corrected chi connectivity index (χ1v) is 13.1. The third-order valence-corrected chi connectivity index (χ3v) is 7.41. The second kappa shape index (κ2) is 11.0. The number of benzene rings is 3. The zero-order chi connectivity index (χ0) is 24.8. The Morgan fingerprint density at radius 2 is 1.66 bits per heavy atom. The number of anilines is 1. The van der Waals surface area contributed by atoms with E-state index in [1.54, 1.807) is 49.4 Å². The molecule has 2 N–H and O–H groups in total. The van der Waals surface area contributed by atoms with Crippen LogP contribution in [-0.4, -0.2) is 45.5 Å². The maximum atomic E-state index is 12.8. The van der Waals surface area contributed by atoms with Crippen LogP contribution in [0.5, 0.6) is 0 Å². The molecule has 1 fully saturated rings. The van der Waals surface area contributed by atoms with E-state index in [0.29, 0.717) is 17.8 Å². The molecule has 1 amide bonds. The van der Waals surface area contributed by atoms with Crippen molar-refractivity contribution in [2.24, 2.45) is 0 Å². The van der Waals surface area contributed by atoms with Crippen LogP contribution in [0.4, 0.5) is 5.69 Å². The molecule has 1 aliphatic heterocycles. The van der Waals surface area contributed by atoms with Gasteiger partial charge in [-0.05, 0) is 54.8 Å². The molecule has 1 heterocycles. The zero-order valence-electron chi connectivity index (χ0n) is 20.1. The van der Waals surface area contributed by atoms with E-state index in [4.69, 9.17) is 4.74 Å². The van der Waals surface area contributed by atoms with Crippen molar-refractivity contribution in [1.82, 2.24) is 10.2 Å². The summed E-state index contributed by atoms with van der Waals surface area (Å²) in [6.45, 7) is 8.30. The van der Waals surface area contributed by atoms with Crippen molar-refractivity contribution < 1.29 is 17.9 Å². The van der Waals surface area contributed by atoms with Crippen molar-refractivity contribution in [2.45, 2.75) is 31.8 Å². The third kappa shape index (κ3) is 6.69. The molecular weight excluding hydrogens is 462 g/mol. The van der Waals surface area contributed by atoms with Gasteiger partial charge in [0.15, 0.2) is 0 Å². The molecule has 0 atom stereocenters. The minimum atomic E-state index is -3.76. The number of hydrogen-bond acceptors (Lipinski definition) is 5. The first-order chi connectivity index (χ1) is 16.8. The number of hydrogen-bond donors (Lipinski definition) is 2. The highest BCUT2D eigenvalue weighted by Gasteiger charge is 2.17. The van der Waals surface area contributed by atoms with Gasteiger partial charge in [-0.2, -0.15) is 0 Å². The summed E-state index contributed by atoms with van der Waals surface area (Å²) >= 11 is 0. The minimum Gasteiger partial charge on any atom is -0.379 e. The lowest BCUT2D eigenvalue weighted by Gasteiger charge is -2.26. The number of nitrogens with zero attached hydrogens (tertiary/aromatic N) is 1. The lowest BCUT2D eigenvalue weighted by atomic mass is 10.1. The molecule has 3 aromatic carbocycles. The Hall–Kier alpha value is -3.20. The van der Waals surface area contributed by atoms with Crippen LogP contribution in [-0.2, 0) is 27.8 Å². The van der Waals surface area contributed by atoms with Gasteiger partial charge in [0, 0.05) is 31.7 Å². The number of carbonyl (C=O) groups excluding carboxylic acids is 1. The predicted octanol–water partition coefficient (Wildman–Crippen LogP) is 3.87. The van der Waals surface area contributed by atoms with Gasteiger partial charge in [0.05, 0.1) is 23.8 Å². The van der Waals surface area contributed by atoms with E-state index in [1.807, 2.05) is 19.1 Å². The Morgan fingerprint density at radius 1 is 0.943 bits per heavy atom. The summed E-state index contributed by atoms with van der Waals surface area (Å²) in [5.74, 6) is -0.264. The summed E-state index contributed by atoms with van der Waals surface area (Å²) in [4.78, 5) is 15.4. The summed E-state index contributed by atoms with van der Waals surface area (Å²) in [5, 5.41) is 2.94. The maximum Gasteiger partial charge on any atom is 0.261 e. The van der Waals surface area contributed by atoms with Crippen molar-refractivity contribution in [3.05, 3.63) is 94.5 Å². The zero-order valence-corrected chi connectivity index (χ0v) is 20.9. The number of rotatable bonds is 8. The highest BCUT2D eigenvalue weighted by Crippen LogP contribution is 2.22. The van der Waals surface area contributed by atoms with Gasteiger partial charge in [-0.1, -0.05) is 48.0 Å². The topological polar surface area (TPSA) is 87.7 Å². The van der Waals surface area contributed by atoms with Crippen LogP contribution >= 0.6 is 0 Å². The summed E-state index contributed by atoms with van der Waals surface area (Å²) in [7, 11) is -3.76. The normalized spacial score (nSPS) is 14.5. The van der Waals surface area contributed by atoms with Gasteiger partial charge in [0.25, 0.3) is 15.9 Å². The molecule has 0 bridgehead atoms. The lowest BCUT2D eigenvalue weighted by molar-refractivity contribution is 0.0342. The minimum absolute atomic E-state index is 0.175. The summed E-state index contributed by atoms with van der Waals surface area (Å²) in [5.41, 5.74) is 4.68. The van der Waals surface area contributed by atoms with Gasteiger partial charge in [-0.15, -0.1) is 0 Å². The molecule has 184 valence electrons. The number of aryl methyl sites for hydroxylation is 2. The average molecular weight is 494 g/mol. The van der Waals surface area contributed by atoms with Crippen LogP contribution in [0.1, 0.15) is 32.6 Å². The molecule has 8 heteroatoms. The van der Waals surface area contributed by atoms with E-state index in [1.165, 1.54) is 5.56 Å².